The van der Waals surface area contributed by atoms with Crippen molar-refractivity contribution in [2.24, 2.45) is 0 Å². The van der Waals surface area contributed by atoms with Crippen LogP contribution in [0.5, 0.6) is 0 Å². The van der Waals surface area contributed by atoms with Crippen molar-refractivity contribution >= 4 is 71.6 Å². The Labute approximate surface area is 353 Å². The summed E-state index contributed by atoms with van der Waals surface area (Å²) in [4.78, 5) is 2.39. The fourth-order valence-corrected chi connectivity index (χ4v) is 9.38. The van der Waals surface area contributed by atoms with Gasteiger partial charge in [0.05, 0.1) is 11.0 Å². The molecule has 0 fully saturated rings. The molecule has 0 saturated carbocycles. The highest BCUT2D eigenvalue weighted by Crippen LogP contribution is 2.48. The molecule has 0 radical (unpaired) electrons. The molecule has 3 nitrogen and oxygen atoms in total. The molecule has 2 aromatic heterocycles. The molecule has 0 aliphatic carbocycles. The molecule has 0 aliphatic rings. The Morgan fingerprint density at radius 1 is 0.344 bits per heavy atom. The first-order chi connectivity index (χ1) is 30.3. The predicted octanol–water partition coefficient (Wildman–Crippen LogP) is 16.3. The van der Waals surface area contributed by atoms with Crippen LogP contribution in [-0.4, -0.2) is 4.57 Å². The maximum Gasteiger partial charge on any atom is 0.143 e. The number of aromatic nitrogens is 1. The zero-order valence-corrected chi connectivity index (χ0v) is 33.2. The quantitative estimate of drug-likeness (QED) is 0.161. The predicted molar refractivity (Wildman–Crippen MR) is 257 cm³/mol. The van der Waals surface area contributed by atoms with Gasteiger partial charge < -0.3 is 13.9 Å². The van der Waals surface area contributed by atoms with E-state index in [9.17, 15) is 0 Å². The number of hydrogen-bond donors (Lipinski definition) is 0. The van der Waals surface area contributed by atoms with Gasteiger partial charge in [-0.15, -0.1) is 0 Å². The van der Waals surface area contributed by atoms with Crippen molar-refractivity contribution in [3.8, 4) is 39.1 Å². The van der Waals surface area contributed by atoms with Crippen LogP contribution < -0.4 is 4.90 Å². The highest BCUT2D eigenvalue weighted by molar-refractivity contribution is 6.24. The van der Waals surface area contributed by atoms with Crippen LogP contribution in [0.25, 0.3) is 93.6 Å². The van der Waals surface area contributed by atoms with Gasteiger partial charge in [-0.25, -0.2) is 0 Å². The Morgan fingerprint density at radius 3 is 1.57 bits per heavy atom. The minimum atomic E-state index is 0.872. The fraction of sp³-hybridized carbons (Fsp3) is 0. The molecule has 0 bridgehead atoms. The number of benzene rings is 10. The van der Waals surface area contributed by atoms with Crippen LogP contribution >= 0.6 is 0 Å². The van der Waals surface area contributed by atoms with Crippen LogP contribution in [0.15, 0.2) is 235 Å². The van der Waals surface area contributed by atoms with E-state index in [1.807, 2.05) is 0 Å². The number of hydrogen-bond acceptors (Lipinski definition) is 2. The van der Waals surface area contributed by atoms with Crippen molar-refractivity contribution < 1.29 is 4.42 Å². The van der Waals surface area contributed by atoms with Gasteiger partial charge in [0.25, 0.3) is 0 Å². The summed E-state index contributed by atoms with van der Waals surface area (Å²) < 4.78 is 9.43. The van der Waals surface area contributed by atoms with E-state index in [2.05, 4.69) is 240 Å². The number of rotatable bonds is 7. The number of anilines is 3. The van der Waals surface area contributed by atoms with Crippen molar-refractivity contribution in [1.82, 2.24) is 4.57 Å². The second-order valence-electron chi connectivity index (χ2n) is 15.7. The maximum atomic E-state index is 7.05. The topological polar surface area (TPSA) is 21.3 Å². The lowest BCUT2D eigenvalue weighted by Crippen LogP contribution is -2.10. The summed E-state index contributed by atoms with van der Waals surface area (Å²) in [6.45, 7) is 0. The first-order valence-electron chi connectivity index (χ1n) is 20.8. The molecule has 0 aliphatic heterocycles. The molecule has 0 spiro atoms. The summed E-state index contributed by atoms with van der Waals surface area (Å²) >= 11 is 0. The smallest absolute Gasteiger partial charge is 0.143 e. The van der Waals surface area contributed by atoms with E-state index in [-0.39, 0.29) is 0 Å². The van der Waals surface area contributed by atoms with E-state index >= 15 is 0 Å². The molecule has 286 valence electrons. The summed E-state index contributed by atoms with van der Waals surface area (Å²) in [5.41, 5.74) is 15.3. The SMILES string of the molecule is c1ccc(-c2ccc(N(c3ccc(-c4ccccc4)cc3)c3cc(-c4cccc5c4c4ccccc4n5-c4ccccc4)c4oc5ccc6ccccc6c5c4c3)cc2)cc1. The van der Waals surface area contributed by atoms with Crippen LogP contribution in [0, 0.1) is 0 Å². The molecule has 12 rings (SSSR count). The van der Waals surface area contributed by atoms with E-state index < -0.39 is 0 Å². The van der Waals surface area contributed by atoms with Crippen molar-refractivity contribution in [3.63, 3.8) is 0 Å². The number of para-hydroxylation sites is 2. The van der Waals surface area contributed by atoms with Crippen LogP contribution in [0.3, 0.4) is 0 Å². The second kappa shape index (κ2) is 14.3. The molecule has 10 aromatic carbocycles. The first kappa shape index (κ1) is 34.9. The van der Waals surface area contributed by atoms with E-state index in [1.54, 1.807) is 0 Å². The zero-order valence-electron chi connectivity index (χ0n) is 33.2. The minimum absolute atomic E-state index is 0.872. The summed E-state index contributed by atoms with van der Waals surface area (Å²) in [5, 5.41) is 6.94. The van der Waals surface area contributed by atoms with Gasteiger partial charge in [0.15, 0.2) is 0 Å². The Bertz CT molecular complexity index is 3470. The second-order valence-corrected chi connectivity index (χ2v) is 15.7. The molecule has 0 unspecified atom stereocenters. The molecular formula is C58H38N2O. The average molecular weight is 779 g/mol. The van der Waals surface area contributed by atoms with E-state index in [4.69, 9.17) is 4.42 Å². The highest BCUT2D eigenvalue weighted by Gasteiger charge is 2.24. The maximum absolute atomic E-state index is 7.05. The Hall–Kier alpha value is -8.14. The van der Waals surface area contributed by atoms with Gasteiger partial charge in [-0.2, -0.15) is 0 Å². The monoisotopic (exact) mass is 778 g/mol. The third-order valence-electron chi connectivity index (χ3n) is 12.2. The number of furan rings is 1. The standard InChI is InChI=1S/C58H38N2O/c1-4-15-39(16-5-1)41-27-32-45(33-28-41)59(46-34-29-42(30-35-46)40-17-6-2-7-18-40)47-37-51(58-52(38-47)57-48-22-11-10-19-43(48)31-36-55(57)61-58)49-24-14-26-54-56(49)50-23-12-13-25-53(50)60(54)44-20-8-3-9-21-44/h1-38H. The lowest BCUT2D eigenvalue weighted by Gasteiger charge is -2.27. The highest BCUT2D eigenvalue weighted by atomic mass is 16.3. The Balaban J connectivity index is 1.16. The van der Waals surface area contributed by atoms with Crippen molar-refractivity contribution in [2.45, 2.75) is 0 Å². The summed E-state index contributed by atoms with van der Waals surface area (Å²) in [6, 6.07) is 82.8. The number of fused-ring (bicyclic) bond motifs is 8. The molecule has 2 heterocycles. The zero-order chi connectivity index (χ0) is 40.3. The van der Waals surface area contributed by atoms with Crippen LogP contribution in [0.1, 0.15) is 0 Å². The normalized spacial score (nSPS) is 11.6. The van der Waals surface area contributed by atoms with Crippen LogP contribution in [0.4, 0.5) is 17.1 Å². The van der Waals surface area contributed by atoms with Gasteiger partial charge in [-0.3, -0.25) is 0 Å². The largest absolute Gasteiger partial charge is 0.455 e. The van der Waals surface area contributed by atoms with Crippen LogP contribution in [-0.2, 0) is 0 Å². The van der Waals surface area contributed by atoms with Gasteiger partial charge in [0, 0.05) is 49.9 Å². The third kappa shape index (κ3) is 5.82. The van der Waals surface area contributed by atoms with Gasteiger partial charge in [0.1, 0.15) is 11.2 Å². The number of nitrogens with zero attached hydrogens (tertiary/aromatic N) is 2. The summed E-state index contributed by atoms with van der Waals surface area (Å²) in [6.07, 6.45) is 0. The minimum Gasteiger partial charge on any atom is -0.455 e. The molecule has 0 amide bonds. The van der Waals surface area contributed by atoms with Crippen LogP contribution in [0.2, 0.25) is 0 Å². The molecule has 0 atom stereocenters. The van der Waals surface area contributed by atoms with Crippen molar-refractivity contribution in [1.29, 1.82) is 0 Å². The lowest BCUT2D eigenvalue weighted by molar-refractivity contribution is 0.670. The van der Waals surface area contributed by atoms with Gasteiger partial charge >= 0.3 is 0 Å². The van der Waals surface area contributed by atoms with Gasteiger partial charge in [-0.05, 0) is 105 Å². The average Bonchev–Trinajstić information content (AvgIpc) is 3.89. The van der Waals surface area contributed by atoms with E-state index in [0.717, 1.165) is 66.8 Å². The van der Waals surface area contributed by atoms with Crippen molar-refractivity contribution in [2.75, 3.05) is 4.90 Å². The van der Waals surface area contributed by atoms with E-state index in [0.29, 0.717) is 0 Å². The molecule has 0 N–H and O–H groups in total. The molecule has 12 aromatic rings. The third-order valence-corrected chi connectivity index (χ3v) is 12.2. The van der Waals surface area contributed by atoms with Crippen molar-refractivity contribution in [3.05, 3.63) is 231 Å². The lowest BCUT2D eigenvalue weighted by atomic mass is 9.95. The Morgan fingerprint density at radius 2 is 0.902 bits per heavy atom. The fourth-order valence-electron chi connectivity index (χ4n) is 9.38. The summed E-state index contributed by atoms with van der Waals surface area (Å²) in [7, 11) is 0. The van der Waals surface area contributed by atoms with Gasteiger partial charge in [0.2, 0.25) is 0 Å². The first-order valence-corrected chi connectivity index (χ1v) is 20.8. The molecule has 0 saturated heterocycles. The molecule has 61 heavy (non-hydrogen) atoms. The van der Waals surface area contributed by atoms with E-state index in [1.165, 1.54) is 43.8 Å². The molecular weight excluding hydrogens is 741 g/mol. The summed E-state index contributed by atoms with van der Waals surface area (Å²) in [5.74, 6) is 0. The van der Waals surface area contributed by atoms with Gasteiger partial charge in [-0.1, -0.05) is 164 Å². The molecule has 3 heteroatoms. The Kier molecular flexibility index (Phi) is 8.17.